The van der Waals surface area contributed by atoms with Crippen LogP contribution < -0.4 is 0 Å². The Hall–Kier alpha value is -1.49. The van der Waals surface area contributed by atoms with Gasteiger partial charge in [0.15, 0.2) is 0 Å². The molecule has 0 amide bonds. The minimum atomic E-state index is -0.338. The second kappa shape index (κ2) is 3.94. The number of rotatable bonds is 2. The standard InChI is InChI=1S/C10H7BrN2O2/c11-10-2-1-7(6-13(14)15)9-5-12-4-3-8(9)10/h1-5H,6H2. The molecule has 1 heterocycles. The van der Waals surface area contributed by atoms with Gasteiger partial charge in [0.2, 0.25) is 6.54 Å². The molecule has 0 atom stereocenters. The van der Waals surface area contributed by atoms with Gasteiger partial charge in [-0.3, -0.25) is 15.1 Å². The van der Waals surface area contributed by atoms with E-state index in [0.717, 1.165) is 15.2 Å². The first kappa shape index (κ1) is 10.0. The molecule has 2 rings (SSSR count). The van der Waals surface area contributed by atoms with E-state index in [-0.39, 0.29) is 11.5 Å². The topological polar surface area (TPSA) is 56.0 Å². The first-order valence-corrected chi connectivity index (χ1v) is 5.10. The third kappa shape index (κ3) is 1.97. The number of aromatic nitrogens is 1. The zero-order valence-corrected chi connectivity index (χ0v) is 9.27. The number of nitrogens with zero attached hydrogens (tertiary/aromatic N) is 2. The van der Waals surface area contributed by atoms with Gasteiger partial charge in [0.1, 0.15) is 0 Å². The van der Waals surface area contributed by atoms with Gasteiger partial charge in [0, 0.05) is 32.7 Å². The zero-order chi connectivity index (χ0) is 10.8. The number of halogens is 1. The van der Waals surface area contributed by atoms with Crippen LogP contribution in [0.3, 0.4) is 0 Å². The van der Waals surface area contributed by atoms with Crippen LogP contribution in [0.2, 0.25) is 0 Å². The van der Waals surface area contributed by atoms with Gasteiger partial charge in [-0.1, -0.05) is 22.0 Å². The van der Waals surface area contributed by atoms with Crippen LogP contribution in [0, 0.1) is 10.1 Å². The SMILES string of the molecule is O=[N+]([O-])Cc1ccc(Br)c2ccncc12. The van der Waals surface area contributed by atoms with Crippen LogP contribution in [0.15, 0.2) is 35.1 Å². The summed E-state index contributed by atoms with van der Waals surface area (Å²) in [6.07, 6.45) is 3.32. The highest BCUT2D eigenvalue weighted by Gasteiger charge is 2.08. The van der Waals surface area contributed by atoms with Crippen molar-refractivity contribution in [3.8, 4) is 0 Å². The van der Waals surface area contributed by atoms with E-state index in [0.29, 0.717) is 5.56 Å². The molecule has 1 aromatic carbocycles. The predicted molar refractivity (Wildman–Crippen MR) is 60.1 cm³/mol. The van der Waals surface area contributed by atoms with Crippen molar-refractivity contribution in [2.24, 2.45) is 0 Å². The van der Waals surface area contributed by atoms with Gasteiger partial charge in [-0.15, -0.1) is 0 Å². The Morgan fingerprint density at radius 2 is 2.13 bits per heavy atom. The van der Waals surface area contributed by atoms with E-state index in [1.54, 1.807) is 18.5 Å². The Morgan fingerprint density at radius 1 is 1.33 bits per heavy atom. The summed E-state index contributed by atoms with van der Waals surface area (Å²) in [7, 11) is 0. The summed E-state index contributed by atoms with van der Waals surface area (Å²) in [5, 5.41) is 12.2. The number of hydrogen-bond acceptors (Lipinski definition) is 3. The number of pyridine rings is 1. The monoisotopic (exact) mass is 266 g/mol. The Bertz CT molecular complexity index is 528. The van der Waals surface area contributed by atoms with Gasteiger partial charge >= 0.3 is 0 Å². The van der Waals surface area contributed by atoms with Crippen LogP contribution in [0.25, 0.3) is 10.8 Å². The molecule has 0 radical (unpaired) electrons. The largest absolute Gasteiger partial charge is 0.264 e. The highest BCUT2D eigenvalue weighted by atomic mass is 79.9. The predicted octanol–water partition coefficient (Wildman–Crippen LogP) is 2.77. The normalized spacial score (nSPS) is 10.5. The van der Waals surface area contributed by atoms with Gasteiger partial charge in [-0.2, -0.15) is 0 Å². The maximum Gasteiger partial charge on any atom is 0.229 e. The summed E-state index contributed by atoms with van der Waals surface area (Å²) >= 11 is 3.40. The van der Waals surface area contributed by atoms with Crippen LogP contribution in [0.1, 0.15) is 5.56 Å². The fourth-order valence-corrected chi connectivity index (χ4v) is 1.97. The molecule has 0 fully saturated rings. The van der Waals surface area contributed by atoms with Crippen LogP contribution in [-0.2, 0) is 6.54 Å². The molecular weight excluding hydrogens is 260 g/mol. The maximum absolute atomic E-state index is 10.5. The van der Waals surface area contributed by atoms with Crippen molar-refractivity contribution in [1.29, 1.82) is 0 Å². The van der Waals surface area contributed by atoms with Crippen molar-refractivity contribution in [3.05, 3.63) is 50.7 Å². The molecular formula is C10H7BrN2O2. The lowest BCUT2D eigenvalue weighted by atomic mass is 10.1. The molecule has 0 aliphatic rings. The average Bonchev–Trinajstić information content (AvgIpc) is 2.22. The molecule has 0 aliphatic heterocycles. The maximum atomic E-state index is 10.5. The zero-order valence-electron chi connectivity index (χ0n) is 7.68. The Labute approximate surface area is 94.2 Å². The molecule has 4 nitrogen and oxygen atoms in total. The average molecular weight is 267 g/mol. The molecule has 0 N–H and O–H groups in total. The van der Waals surface area contributed by atoms with E-state index < -0.39 is 0 Å². The van der Waals surface area contributed by atoms with Crippen molar-refractivity contribution >= 4 is 26.7 Å². The van der Waals surface area contributed by atoms with E-state index in [9.17, 15) is 10.1 Å². The van der Waals surface area contributed by atoms with Crippen LogP contribution >= 0.6 is 15.9 Å². The van der Waals surface area contributed by atoms with E-state index in [1.165, 1.54) is 0 Å². The van der Waals surface area contributed by atoms with Gasteiger partial charge in [-0.05, 0) is 17.5 Å². The van der Waals surface area contributed by atoms with E-state index in [1.807, 2.05) is 12.1 Å². The summed E-state index contributed by atoms with van der Waals surface area (Å²) in [5.41, 5.74) is 0.686. The highest BCUT2D eigenvalue weighted by molar-refractivity contribution is 9.10. The Balaban J connectivity index is 2.66. The molecule has 0 saturated carbocycles. The van der Waals surface area contributed by atoms with Gasteiger partial charge in [0.25, 0.3) is 0 Å². The molecule has 0 spiro atoms. The van der Waals surface area contributed by atoms with Crippen molar-refractivity contribution in [2.75, 3.05) is 0 Å². The van der Waals surface area contributed by atoms with Crippen molar-refractivity contribution in [1.82, 2.24) is 4.98 Å². The lowest BCUT2D eigenvalue weighted by Crippen LogP contribution is -1.99. The summed E-state index contributed by atoms with van der Waals surface area (Å²) in [5.74, 6) is 0. The summed E-state index contributed by atoms with van der Waals surface area (Å²) in [6.45, 7) is -0.171. The highest BCUT2D eigenvalue weighted by Crippen LogP contribution is 2.26. The van der Waals surface area contributed by atoms with Crippen molar-refractivity contribution in [3.63, 3.8) is 0 Å². The second-order valence-electron chi connectivity index (χ2n) is 3.12. The molecule has 0 saturated heterocycles. The fraction of sp³-hybridized carbons (Fsp3) is 0.100. The van der Waals surface area contributed by atoms with Gasteiger partial charge < -0.3 is 0 Å². The number of benzene rings is 1. The Kier molecular flexibility index (Phi) is 2.64. The van der Waals surface area contributed by atoms with Crippen molar-refractivity contribution in [2.45, 2.75) is 6.54 Å². The number of fused-ring (bicyclic) bond motifs is 1. The van der Waals surface area contributed by atoms with E-state index in [4.69, 9.17) is 0 Å². The lowest BCUT2D eigenvalue weighted by Gasteiger charge is -2.03. The van der Waals surface area contributed by atoms with E-state index in [2.05, 4.69) is 20.9 Å². The fourth-order valence-electron chi connectivity index (χ4n) is 1.49. The first-order valence-electron chi connectivity index (χ1n) is 4.31. The summed E-state index contributed by atoms with van der Waals surface area (Å²) < 4.78 is 0.923. The quantitative estimate of drug-likeness (QED) is 0.621. The molecule has 15 heavy (non-hydrogen) atoms. The van der Waals surface area contributed by atoms with Gasteiger partial charge in [0.05, 0.1) is 0 Å². The third-order valence-electron chi connectivity index (χ3n) is 2.15. The van der Waals surface area contributed by atoms with Crippen molar-refractivity contribution < 1.29 is 4.92 Å². The molecule has 5 heteroatoms. The third-order valence-corrected chi connectivity index (χ3v) is 2.85. The molecule has 1 aromatic heterocycles. The van der Waals surface area contributed by atoms with Crippen LogP contribution in [-0.4, -0.2) is 9.91 Å². The molecule has 0 bridgehead atoms. The number of nitro groups is 1. The first-order chi connectivity index (χ1) is 7.18. The van der Waals surface area contributed by atoms with Gasteiger partial charge in [-0.25, -0.2) is 0 Å². The van der Waals surface area contributed by atoms with Crippen LogP contribution in [0.4, 0.5) is 0 Å². The summed E-state index contributed by atoms with van der Waals surface area (Å²) in [6, 6.07) is 5.40. The molecule has 2 aromatic rings. The molecule has 76 valence electrons. The van der Waals surface area contributed by atoms with Crippen LogP contribution in [0.5, 0.6) is 0 Å². The second-order valence-corrected chi connectivity index (χ2v) is 3.97. The smallest absolute Gasteiger partial charge is 0.229 e. The minimum absolute atomic E-state index is 0.171. The summed E-state index contributed by atoms with van der Waals surface area (Å²) in [4.78, 5) is 14.1. The van der Waals surface area contributed by atoms with E-state index >= 15 is 0 Å². The minimum Gasteiger partial charge on any atom is -0.264 e. The molecule has 0 unspecified atom stereocenters. The number of hydrogen-bond donors (Lipinski definition) is 0. The Morgan fingerprint density at radius 3 is 2.87 bits per heavy atom. The molecule has 0 aliphatic carbocycles. The lowest BCUT2D eigenvalue weighted by molar-refractivity contribution is -0.496.